The van der Waals surface area contributed by atoms with E-state index in [1.807, 2.05) is 60.7 Å². The molecule has 4 saturated carbocycles. The minimum absolute atomic E-state index is 0.0740. The van der Waals surface area contributed by atoms with E-state index in [-0.39, 0.29) is 28.0 Å². The molecular formula is C27H29N5O2. The Hall–Kier alpha value is -3.48. The minimum Gasteiger partial charge on any atom is -0.359 e. The number of nitro groups is 1. The predicted molar refractivity (Wildman–Crippen MR) is 132 cm³/mol. The van der Waals surface area contributed by atoms with Crippen LogP contribution in [0.15, 0.2) is 67.0 Å². The Morgan fingerprint density at radius 3 is 1.82 bits per heavy atom. The molecule has 0 unspecified atom stereocenters. The van der Waals surface area contributed by atoms with Crippen LogP contribution in [-0.2, 0) is 0 Å². The van der Waals surface area contributed by atoms with E-state index in [0.29, 0.717) is 5.82 Å². The number of hydrogen-bond acceptors (Lipinski definition) is 6. The highest BCUT2D eigenvalue weighted by molar-refractivity contribution is 5.71. The molecule has 4 aliphatic rings. The Bertz CT molecular complexity index is 1110. The van der Waals surface area contributed by atoms with E-state index in [1.165, 1.54) is 25.6 Å². The van der Waals surface area contributed by atoms with Crippen molar-refractivity contribution in [2.45, 2.75) is 50.1 Å². The van der Waals surface area contributed by atoms with Crippen LogP contribution in [0.4, 0.5) is 17.3 Å². The van der Waals surface area contributed by atoms with Gasteiger partial charge in [-0.15, -0.1) is 0 Å². The molecule has 7 nitrogen and oxygen atoms in total. The van der Waals surface area contributed by atoms with Gasteiger partial charge in [-0.1, -0.05) is 60.7 Å². The topological polar surface area (TPSA) is 93.0 Å². The zero-order valence-electron chi connectivity index (χ0n) is 19.1. The molecule has 1 aromatic heterocycles. The van der Waals surface area contributed by atoms with Crippen molar-refractivity contribution in [2.24, 2.45) is 17.8 Å². The zero-order valence-corrected chi connectivity index (χ0v) is 19.1. The summed E-state index contributed by atoms with van der Waals surface area (Å²) < 4.78 is 0. The molecule has 4 fully saturated rings. The molecule has 4 aliphatic carbocycles. The molecule has 2 aromatic carbocycles. The van der Waals surface area contributed by atoms with E-state index < -0.39 is 0 Å². The van der Waals surface area contributed by atoms with Gasteiger partial charge in [0, 0.05) is 5.54 Å². The number of aromatic nitrogens is 2. The number of hydrogen-bond donors (Lipinski definition) is 2. The number of rotatable bonds is 7. The molecule has 1 heterocycles. The highest BCUT2D eigenvalue weighted by Crippen LogP contribution is 2.57. The Morgan fingerprint density at radius 2 is 1.32 bits per heavy atom. The van der Waals surface area contributed by atoms with Crippen LogP contribution in [0.3, 0.4) is 0 Å². The van der Waals surface area contributed by atoms with Crippen molar-refractivity contribution in [1.82, 2.24) is 9.97 Å². The summed E-state index contributed by atoms with van der Waals surface area (Å²) in [5.41, 5.74) is 1.87. The summed E-state index contributed by atoms with van der Waals surface area (Å²) in [6.45, 7) is 0. The van der Waals surface area contributed by atoms with E-state index in [4.69, 9.17) is 0 Å². The lowest BCUT2D eigenvalue weighted by atomic mass is 9.53. The predicted octanol–water partition coefficient (Wildman–Crippen LogP) is 5.97. The maximum Gasteiger partial charge on any atom is 0.353 e. The maximum absolute atomic E-state index is 12.3. The Morgan fingerprint density at radius 1 is 0.824 bits per heavy atom. The number of benzene rings is 2. The van der Waals surface area contributed by atoms with Gasteiger partial charge in [-0.3, -0.25) is 10.1 Å². The average Bonchev–Trinajstić information content (AvgIpc) is 2.82. The Labute approximate surface area is 199 Å². The van der Waals surface area contributed by atoms with Gasteiger partial charge in [0.2, 0.25) is 11.6 Å². The van der Waals surface area contributed by atoms with Crippen molar-refractivity contribution in [3.05, 3.63) is 88.2 Å². The van der Waals surface area contributed by atoms with Crippen LogP contribution in [0.5, 0.6) is 0 Å². The van der Waals surface area contributed by atoms with Crippen LogP contribution in [0.2, 0.25) is 0 Å². The second kappa shape index (κ2) is 8.38. The summed E-state index contributed by atoms with van der Waals surface area (Å²) in [5.74, 6) is 2.78. The maximum atomic E-state index is 12.3. The fourth-order valence-corrected chi connectivity index (χ4v) is 7.05. The molecule has 34 heavy (non-hydrogen) atoms. The molecular weight excluding hydrogens is 426 g/mol. The molecule has 174 valence electrons. The van der Waals surface area contributed by atoms with E-state index in [9.17, 15) is 10.1 Å². The SMILES string of the molecule is O=[N+]([O-])c1c(NC(c2ccccc2)c2ccccc2)ncnc1NC12CC3CC(CC(C3)C1)C2. The number of anilines is 2. The first-order valence-corrected chi connectivity index (χ1v) is 12.2. The standard InChI is InChI=1S/C27H29N5O2/c33-32(34)24-25(30-23(21-7-3-1-4-8-21)22-9-5-2-6-10-22)28-17-29-26(24)31-27-14-18-11-19(15-27)13-20(12-18)16-27/h1-10,17-20,23H,11-16H2,(H2,28,29,30,31). The van der Waals surface area contributed by atoms with E-state index >= 15 is 0 Å². The highest BCUT2D eigenvalue weighted by Gasteiger charge is 2.51. The van der Waals surface area contributed by atoms with Gasteiger partial charge < -0.3 is 10.6 Å². The lowest BCUT2D eigenvalue weighted by Gasteiger charge is -2.57. The average molecular weight is 456 g/mol. The molecule has 0 amide bonds. The molecule has 3 aromatic rings. The fourth-order valence-electron chi connectivity index (χ4n) is 7.05. The summed E-state index contributed by atoms with van der Waals surface area (Å²) >= 11 is 0. The van der Waals surface area contributed by atoms with E-state index in [0.717, 1.165) is 48.1 Å². The third-order valence-corrected chi connectivity index (χ3v) is 7.97. The molecule has 0 aliphatic heterocycles. The van der Waals surface area contributed by atoms with Crippen LogP contribution in [-0.4, -0.2) is 20.4 Å². The van der Waals surface area contributed by atoms with Crippen molar-refractivity contribution in [1.29, 1.82) is 0 Å². The van der Waals surface area contributed by atoms with E-state index in [2.05, 4.69) is 20.6 Å². The first-order valence-electron chi connectivity index (χ1n) is 12.2. The van der Waals surface area contributed by atoms with Crippen LogP contribution < -0.4 is 10.6 Å². The lowest BCUT2D eigenvalue weighted by Crippen LogP contribution is -2.55. The third kappa shape index (κ3) is 3.89. The minimum atomic E-state index is -0.349. The van der Waals surface area contributed by atoms with Gasteiger partial charge in [-0.2, -0.15) is 0 Å². The summed E-state index contributed by atoms with van der Waals surface area (Å²) in [6, 6.07) is 19.6. The molecule has 4 bridgehead atoms. The largest absolute Gasteiger partial charge is 0.359 e. The third-order valence-electron chi connectivity index (χ3n) is 7.97. The van der Waals surface area contributed by atoms with Crippen LogP contribution in [0, 0.1) is 27.9 Å². The zero-order chi connectivity index (χ0) is 23.1. The second-order valence-electron chi connectivity index (χ2n) is 10.4. The van der Waals surface area contributed by atoms with Gasteiger partial charge in [0.1, 0.15) is 6.33 Å². The molecule has 2 N–H and O–H groups in total. The number of nitrogens with zero attached hydrogens (tertiary/aromatic N) is 3. The fraction of sp³-hybridized carbons (Fsp3) is 0.407. The molecule has 0 spiro atoms. The highest BCUT2D eigenvalue weighted by atomic mass is 16.6. The number of nitrogens with one attached hydrogen (secondary N) is 2. The van der Waals surface area contributed by atoms with Gasteiger partial charge >= 0.3 is 5.69 Å². The second-order valence-corrected chi connectivity index (χ2v) is 10.4. The monoisotopic (exact) mass is 455 g/mol. The van der Waals surface area contributed by atoms with Crippen molar-refractivity contribution in [2.75, 3.05) is 10.6 Å². The quantitative estimate of drug-likeness (QED) is 0.337. The molecule has 7 heteroatoms. The molecule has 0 saturated heterocycles. The first kappa shape index (κ1) is 21.1. The van der Waals surface area contributed by atoms with Gasteiger partial charge in [0.05, 0.1) is 11.0 Å². The Balaban J connectivity index is 1.36. The van der Waals surface area contributed by atoms with Crippen molar-refractivity contribution in [3.8, 4) is 0 Å². The van der Waals surface area contributed by atoms with Crippen molar-refractivity contribution >= 4 is 17.3 Å². The van der Waals surface area contributed by atoms with Crippen LogP contribution >= 0.6 is 0 Å². The Kier molecular flexibility index (Phi) is 5.20. The van der Waals surface area contributed by atoms with Crippen LogP contribution in [0.25, 0.3) is 0 Å². The summed E-state index contributed by atoms with van der Waals surface area (Å²) in [6.07, 6.45) is 8.63. The summed E-state index contributed by atoms with van der Waals surface area (Å²) in [4.78, 5) is 20.7. The van der Waals surface area contributed by atoms with Gasteiger partial charge in [-0.25, -0.2) is 9.97 Å². The smallest absolute Gasteiger partial charge is 0.353 e. The summed E-state index contributed by atoms with van der Waals surface area (Å²) in [7, 11) is 0. The molecule has 0 radical (unpaired) electrons. The lowest BCUT2D eigenvalue weighted by molar-refractivity contribution is -0.383. The summed E-state index contributed by atoms with van der Waals surface area (Å²) in [5, 5.41) is 19.3. The van der Waals surface area contributed by atoms with Gasteiger partial charge in [-0.05, 0) is 67.4 Å². The van der Waals surface area contributed by atoms with E-state index in [1.54, 1.807) is 0 Å². The van der Waals surface area contributed by atoms with Gasteiger partial charge in [0.15, 0.2) is 0 Å². The normalized spacial score (nSPS) is 27.0. The van der Waals surface area contributed by atoms with Crippen molar-refractivity contribution < 1.29 is 4.92 Å². The van der Waals surface area contributed by atoms with Crippen LogP contribution in [0.1, 0.15) is 55.7 Å². The van der Waals surface area contributed by atoms with Gasteiger partial charge in [0.25, 0.3) is 0 Å². The van der Waals surface area contributed by atoms with Crippen molar-refractivity contribution in [3.63, 3.8) is 0 Å². The molecule has 0 atom stereocenters. The first-order chi connectivity index (χ1) is 16.6. The molecule has 7 rings (SSSR count).